The molecule has 0 fully saturated rings. The van der Waals surface area contributed by atoms with Gasteiger partial charge in [-0.2, -0.15) is 5.10 Å². The van der Waals surface area contributed by atoms with Gasteiger partial charge in [-0.25, -0.2) is 4.98 Å². The molecule has 0 saturated carbocycles. The fraction of sp³-hybridized carbons (Fsp3) is 0.429. The molecule has 1 heterocycles. The van der Waals surface area contributed by atoms with Crippen LogP contribution in [0, 0.1) is 0 Å². The van der Waals surface area contributed by atoms with E-state index in [2.05, 4.69) is 10.1 Å². The van der Waals surface area contributed by atoms with Crippen LogP contribution in [0.5, 0.6) is 0 Å². The van der Waals surface area contributed by atoms with E-state index in [9.17, 15) is 0 Å². The summed E-state index contributed by atoms with van der Waals surface area (Å²) in [5.74, 6) is 1.76. The molecule has 0 radical (unpaired) electrons. The van der Waals surface area contributed by atoms with Crippen molar-refractivity contribution in [2.45, 2.75) is 32.2 Å². The molecule has 0 aliphatic heterocycles. The molecule has 0 unspecified atom stereocenters. The lowest BCUT2D eigenvalue weighted by molar-refractivity contribution is 0.465. The highest BCUT2D eigenvalue weighted by Crippen LogP contribution is 2.16. The fourth-order valence-electron chi connectivity index (χ4n) is 1.78. The zero-order valence-electron chi connectivity index (χ0n) is 11.2. The molecule has 2 N–H and O–H groups in total. The van der Waals surface area contributed by atoms with Gasteiger partial charge in [0, 0.05) is 24.6 Å². The normalized spacial score (nSPS) is 11.8. The van der Waals surface area contributed by atoms with Crippen LogP contribution in [0.4, 0.5) is 0 Å². The summed E-state index contributed by atoms with van der Waals surface area (Å²) >= 11 is 0. The quantitative estimate of drug-likeness (QED) is 0.896. The van der Waals surface area contributed by atoms with Gasteiger partial charge in [-0.05, 0) is 20.3 Å². The van der Waals surface area contributed by atoms with Gasteiger partial charge in [-0.3, -0.25) is 4.68 Å². The molecule has 0 atom stereocenters. The van der Waals surface area contributed by atoms with E-state index in [0.717, 1.165) is 30.1 Å². The van der Waals surface area contributed by atoms with Crippen LogP contribution in [-0.2, 0) is 13.5 Å². The van der Waals surface area contributed by atoms with E-state index in [1.54, 1.807) is 0 Å². The van der Waals surface area contributed by atoms with E-state index in [1.165, 1.54) is 0 Å². The SMILES string of the molecule is Cn1nc(-c2ccccc2)nc1CCC(C)(C)N. The fourth-order valence-corrected chi connectivity index (χ4v) is 1.78. The topological polar surface area (TPSA) is 56.7 Å². The van der Waals surface area contributed by atoms with E-state index < -0.39 is 0 Å². The van der Waals surface area contributed by atoms with Crippen molar-refractivity contribution < 1.29 is 0 Å². The third kappa shape index (κ3) is 3.17. The monoisotopic (exact) mass is 244 g/mol. The Hall–Kier alpha value is -1.68. The van der Waals surface area contributed by atoms with Crippen LogP contribution < -0.4 is 5.73 Å². The van der Waals surface area contributed by atoms with Gasteiger partial charge in [0.25, 0.3) is 0 Å². The first-order valence-corrected chi connectivity index (χ1v) is 6.20. The van der Waals surface area contributed by atoms with Crippen molar-refractivity contribution in [2.24, 2.45) is 12.8 Å². The van der Waals surface area contributed by atoms with Crippen LogP contribution in [-0.4, -0.2) is 20.3 Å². The van der Waals surface area contributed by atoms with Gasteiger partial charge in [-0.1, -0.05) is 30.3 Å². The van der Waals surface area contributed by atoms with Gasteiger partial charge in [-0.15, -0.1) is 0 Å². The Bertz CT molecular complexity index is 508. The van der Waals surface area contributed by atoms with Crippen LogP contribution in [0.3, 0.4) is 0 Å². The molecule has 4 heteroatoms. The highest BCUT2D eigenvalue weighted by atomic mass is 15.3. The molecule has 0 aliphatic carbocycles. The Kier molecular flexibility index (Phi) is 3.48. The molecule has 1 aromatic heterocycles. The predicted molar refractivity (Wildman–Crippen MR) is 73.0 cm³/mol. The van der Waals surface area contributed by atoms with Crippen LogP contribution in [0.25, 0.3) is 11.4 Å². The summed E-state index contributed by atoms with van der Waals surface area (Å²) in [7, 11) is 1.93. The lowest BCUT2D eigenvalue weighted by atomic mass is 10.00. The summed E-state index contributed by atoms with van der Waals surface area (Å²) in [5, 5.41) is 4.45. The molecule has 96 valence electrons. The Morgan fingerprint density at radius 2 is 1.89 bits per heavy atom. The second kappa shape index (κ2) is 4.90. The van der Waals surface area contributed by atoms with Gasteiger partial charge in [0.1, 0.15) is 5.82 Å². The zero-order chi connectivity index (χ0) is 13.2. The summed E-state index contributed by atoms with van der Waals surface area (Å²) in [5.41, 5.74) is 6.87. The zero-order valence-corrected chi connectivity index (χ0v) is 11.2. The first-order chi connectivity index (χ1) is 8.46. The van der Waals surface area contributed by atoms with Crippen molar-refractivity contribution in [3.8, 4) is 11.4 Å². The molecule has 1 aromatic carbocycles. The maximum Gasteiger partial charge on any atom is 0.181 e. The highest BCUT2D eigenvalue weighted by Gasteiger charge is 2.14. The second-order valence-corrected chi connectivity index (χ2v) is 5.33. The van der Waals surface area contributed by atoms with E-state index in [4.69, 9.17) is 5.73 Å². The maximum absolute atomic E-state index is 5.99. The minimum atomic E-state index is -0.168. The Labute approximate surface area is 108 Å². The summed E-state index contributed by atoms with van der Waals surface area (Å²) in [6, 6.07) is 10.0. The summed E-state index contributed by atoms with van der Waals surface area (Å²) in [4.78, 5) is 4.58. The molecule has 0 amide bonds. The van der Waals surface area contributed by atoms with Crippen LogP contribution in [0.15, 0.2) is 30.3 Å². The third-order valence-electron chi connectivity index (χ3n) is 2.88. The average molecular weight is 244 g/mol. The van der Waals surface area contributed by atoms with Crippen molar-refractivity contribution in [3.63, 3.8) is 0 Å². The third-order valence-corrected chi connectivity index (χ3v) is 2.88. The van der Waals surface area contributed by atoms with Gasteiger partial charge in [0.05, 0.1) is 0 Å². The Morgan fingerprint density at radius 3 is 2.50 bits per heavy atom. The van der Waals surface area contributed by atoms with Gasteiger partial charge >= 0.3 is 0 Å². The van der Waals surface area contributed by atoms with Crippen molar-refractivity contribution in [1.29, 1.82) is 0 Å². The Morgan fingerprint density at radius 1 is 1.22 bits per heavy atom. The van der Waals surface area contributed by atoms with Crippen molar-refractivity contribution in [3.05, 3.63) is 36.2 Å². The smallest absolute Gasteiger partial charge is 0.181 e. The summed E-state index contributed by atoms with van der Waals surface area (Å²) < 4.78 is 1.84. The van der Waals surface area contributed by atoms with E-state index in [-0.39, 0.29) is 5.54 Å². The molecule has 0 aliphatic rings. The number of hydrogen-bond acceptors (Lipinski definition) is 3. The molecular weight excluding hydrogens is 224 g/mol. The molecule has 4 nitrogen and oxygen atoms in total. The van der Waals surface area contributed by atoms with Gasteiger partial charge in [0.2, 0.25) is 0 Å². The van der Waals surface area contributed by atoms with Crippen molar-refractivity contribution in [1.82, 2.24) is 14.8 Å². The molecular formula is C14H20N4. The number of benzene rings is 1. The average Bonchev–Trinajstić information content (AvgIpc) is 2.68. The molecule has 0 saturated heterocycles. The molecule has 0 spiro atoms. The van der Waals surface area contributed by atoms with E-state index >= 15 is 0 Å². The molecule has 2 aromatic rings. The first kappa shape index (κ1) is 12.8. The van der Waals surface area contributed by atoms with E-state index in [1.807, 2.05) is 55.9 Å². The minimum Gasteiger partial charge on any atom is -0.326 e. The highest BCUT2D eigenvalue weighted by molar-refractivity contribution is 5.53. The van der Waals surface area contributed by atoms with Crippen molar-refractivity contribution in [2.75, 3.05) is 0 Å². The summed E-state index contributed by atoms with van der Waals surface area (Å²) in [6.45, 7) is 4.06. The van der Waals surface area contributed by atoms with Crippen LogP contribution in [0.2, 0.25) is 0 Å². The first-order valence-electron chi connectivity index (χ1n) is 6.20. The number of aryl methyl sites for hydroxylation is 2. The van der Waals surface area contributed by atoms with Crippen LogP contribution in [0.1, 0.15) is 26.1 Å². The van der Waals surface area contributed by atoms with Gasteiger partial charge in [0.15, 0.2) is 5.82 Å². The van der Waals surface area contributed by atoms with Gasteiger partial charge < -0.3 is 5.73 Å². The molecule has 18 heavy (non-hydrogen) atoms. The van der Waals surface area contributed by atoms with Crippen molar-refractivity contribution >= 4 is 0 Å². The number of rotatable bonds is 4. The standard InChI is InChI=1S/C14H20N4/c1-14(2,15)10-9-12-16-13(17-18(12)3)11-7-5-4-6-8-11/h4-8H,9-10,15H2,1-3H3. The number of aromatic nitrogens is 3. The maximum atomic E-state index is 5.99. The predicted octanol–water partition coefficient (Wildman–Crippen LogP) is 2.15. The molecule has 2 rings (SSSR count). The van der Waals surface area contributed by atoms with Crippen LogP contribution >= 0.6 is 0 Å². The largest absolute Gasteiger partial charge is 0.326 e. The number of nitrogens with zero attached hydrogens (tertiary/aromatic N) is 3. The molecule has 0 bridgehead atoms. The van der Waals surface area contributed by atoms with E-state index in [0.29, 0.717) is 0 Å². The number of hydrogen-bond donors (Lipinski definition) is 1. The second-order valence-electron chi connectivity index (χ2n) is 5.33. The Balaban J connectivity index is 2.17. The summed E-state index contributed by atoms with van der Waals surface area (Å²) in [6.07, 6.45) is 1.74. The lowest BCUT2D eigenvalue weighted by Crippen LogP contribution is -2.32. The minimum absolute atomic E-state index is 0.168. The lowest BCUT2D eigenvalue weighted by Gasteiger charge is -2.17. The number of nitrogens with two attached hydrogens (primary N) is 1.